The summed E-state index contributed by atoms with van der Waals surface area (Å²) in [7, 11) is 0. The van der Waals surface area contributed by atoms with Crippen LogP contribution in [0.15, 0.2) is 66.0 Å². The number of hydrogen-bond donors (Lipinski definition) is 2. The summed E-state index contributed by atoms with van der Waals surface area (Å²) in [4.78, 5) is 11.0. The first-order valence-corrected chi connectivity index (χ1v) is 7.88. The first-order chi connectivity index (χ1) is 12.1. The van der Waals surface area contributed by atoms with Crippen molar-refractivity contribution in [3.05, 3.63) is 82.6 Å². The van der Waals surface area contributed by atoms with Crippen molar-refractivity contribution >= 4 is 29.5 Å². The summed E-state index contributed by atoms with van der Waals surface area (Å²) in [6, 6.07) is 14.4. The number of hydrazone groups is 1. The van der Waals surface area contributed by atoms with Gasteiger partial charge in [0.2, 0.25) is 0 Å². The molecule has 0 radical (unpaired) electrons. The Bertz CT molecular complexity index is 906. The Labute approximate surface area is 149 Å². The Morgan fingerprint density at radius 2 is 2.08 bits per heavy atom. The topological polar surface area (TPSA) is 79.5 Å². The van der Waals surface area contributed by atoms with Crippen LogP contribution in [0, 0.1) is 0 Å². The number of nitrogens with zero attached hydrogens (tertiary/aromatic N) is 3. The largest absolute Gasteiger partial charge is 0.478 e. The monoisotopic (exact) mass is 354 g/mol. The van der Waals surface area contributed by atoms with E-state index in [9.17, 15) is 4.79 Å². The SMILES string of the molecule is O=C(O)c1ccc(Cl)c(N/N=C\c2cnn(Cc3ccccc3)c2)c1. The van der Waals surface area contributed by atoms with E-state index in [-0.39, 0.29) is 5.56 Å². The molecule has 0 amide bonds. The fourth-order valence-corrected chi connectivity index (χ4v) is 2.38. The van der Waals surface area contributed by atoms with Gasteiger partial charge < -0.3 is 5.11 Å². The maximum Gasteiger partial charge on any atom is 0.335 e. The lowest BCUT2D eigenvalue weighted by Gasteiger charge is -2.04. The van der Waals surface area contributed by atoms with Crippen LogP contribution in [0.2, 0.25) is 5.02 Å². The highest BCUT2D eigenvalue weighted by Gasteiger charge is 2.06. The maximum absolute atomic E-state index is 11.0. The van der Waals surface area contributed by atoms with E-state index in [1.807, 2.05) is 41.2 Å². The molecule has 126 valence electrons. The third-order valence-corrected chi connectivity index (χ3v) is 3.78. The summed E-state index contributed by atoms with van der Waals surface area (Å²) >= 11 is 6.03. The highest BCUT2D eigenvalue weighted by molar-refractivity contribution is 6.33. The number of aromatic nitrogens is 2. The Balaban J connectivity index is 1.65. The molecule has 25 heavy (non-hydrogen) atoms. The number of anilines is 1. The minimum Gasteiger partial charge on any atom is -0.478 e. The summed E-state index contributed by atoms with van der Waals surface area (Å²) in [5, 5.41) is 17.8. The van der Waals surface area contributed by atoms with Crippen LogP contribution >= 0.6 is 11.6 Å². The van der Waals surface area contributed by atoms with E-state index < -0.39 is 5.97 Å². The molecule has 0 fully saturated rings. The van der Waals surface area contributed by atoms with Gasteiger partial charge in [-0.05, 0) is 23.8 Å². The van der Waals surface area contributed by atoms with Gasteiger partial charge in [-0.25, -0.2) is 4.79 Å². The van der Waals surface area contributed by atoms with Crippen LogP contribution in [0.4, 0.5) is 5.69 Å². The third-order valence-electron chi connectivity index (χ3n) is 3.45. The van der Waals surface area contributed by atoms with Crippen molar-refractivity contribution < 1.29 is 9.90 Å². The Kier molecular flexibility index (Phi) is 5.11. The van der Waals surface area contributed by atoms with Crippen molar-refractivity contribution in [1.82, 2.24) is 9.78 Å². The maximum atomic E-state index is 11.0. The molecule has 0 saturated carbocycles. The minimum atomic E-state index is -1.02. The van der Waals surface area contributed by atoms with Crippen molar-refractivity contribution in [2.75, 3.05) is 5.43 Å². The molecule has 2 N–H and O–H groups in total. The van der Waals surface area contributed by atoms with Gasteiger partial charge in [-0.15, -0.1) is 0 Å². The Morgan fingerprint density at radius 3 is 2.84 bits per heavy atom. The van der Waals surface area contributed by atoms with Crippen molar-refractivity contribution in [1.29, 1.82) is 0 Å². The molecule has 7 heteroatoms. The lowest BCUT2D eigenvalue weighted by Crippen LogP contribution is -1.99. The second-order valence-corrected chi connectivity index (χ2v) is 5.73. The summed E-state index contributed by atoms with van der Waals surface area (Å²) in [5.74, 6) is -1.02. The van der Waals surface area contributed by atoms with Crippen LogP contribution < -0.4 is 5.43 Å². The zero-order valence-corrected chi connectivity index (χ0v) is 13.9. The normalized spacial score (nSPS) is 10.9. The molecule has 0 aliphatic heterocycles. The molecular weight excluding hydrogens is 340 g/mol. The van der Waals surface area contributed by atoms with Crippen LogP contribution in [0.1, 0.15) is 21.5 Å². The third kappa shape index (κ3) is 4.45. The molecule has 0 aliphatic carbocycles. The van der Waals surface area contributed by atoms with E-state index in [4.69, 9.17) is 16.7 Å². The predicted octanol–water partition coefficient (Wildman–Crippen LogP) is 3.73. The van der Waals surface area contributed by atoms with Gasteiger partial charge in [0.05, 0.1) is 35.2 Å². The molecule has 3 aromatic rings. The van der Waals surface area contributed by atoms with Crippen LogP contribution in [-0.2, 0) is 6.54 Å². The van der Waals surface area contributed by atoms with Crippen LogP contribution in [-0.4, -0.2) is 27.1 Å². The van der Waals surface area contributed by atoms with Crippen molar-refractivity contribution in [3.63, 3.8) is 0 Å². The number of hydrogen-bond acceptors (Lipinski definition) is 4. The van der Waals surface area contributed by atoms with E-state index in [2.05, 4.69) is 15.6 Å². The van der Waals surface area contributed by atoms with E-state index in [1.165, 1.54) is 18.2 Å². The molecule has 3 rings (SSSR count). The van der Waals surface area contributed by atoms with Gasteiger partial charge in [-0.1, -0.05) is 41.9 Å². The van der Waals surface area contributed by atoms with Gasteiger partial charge in [0.25, 0.3) is 0 Å². The van der Waals surface area contributed by atoms with Gasteiger partial charge in [0, 0.05) is 11.8 Å². The molecular formula is C18H15ClN4O2. The zero-order chi connectivity index (χ0) is 17.6. The number of benzene rings is 2. The van der Waals surface area contributed by atoms with Gasteiger partial charge in [-0.3, -0.25) is 10.1 Å². The molecule has 2 aromatic carbocycles. The van der Waals surface area contributed by atoms with E-state index in [1.54, 1.807) is 12.4 Å². The van der Waals surface area contributed by atoms with Crippen LogP contribution in [0.5, 0.6) is 0 Å². The molecule has 0 spiro atoms. The molecule has 1 aromatic heterocycles. The fourth-order valence-electron chi connectivity index (χ4n) is 2.22. The lowest BCUT2D eigenvalue weighted by atomic mass is 10.2. The number of halogens is 1. The van der Waals surface area contributed by atoms with Gasteiger partial charge in [0.15, 0.2) is 0 Å². The number of aromatic carboxylic acids is 1. The predicted molar refractivity (Wildman–Crippen MR) is 97.4 cm³/mol. The fraction of sp³-hybridized carbons (Fsp3) is 0.0556. The second-order valence-electron chi connectivity index (χ2n) is 5.33. The van der Waals surface area contributed by atoms with Crippen LogP contribution in [0.25, 0.3) is 0 Å². The van der Waals surface area contributed by atoms with Crippen LogP contribution in [0.3, 0.4) is 0 Å². The van der Waals surface area contributed by atoms with Crippen molar-refractivity contribution in [2.45, 2.75) is 6.54 Å². The molecule has 0 aliphatic rings. The van der Waals surface area contributed by atoms with Gasteiger partial charge in [-0.2, -0.15) is 10.2 Å². The molecule has 1 heterocycles. The number of carboxylic acid groups (broad SMARTS) is 1. The summed E-state index contributed by atoms with van der Waals surface area (Å²) in [5.41, 5.74) is 5.29. The van der Waals surface area contributed by atoms with E-state index in [0.29, 0.717) is 17.3 Å². The average molecular weight is 355 g/mol. The van der Waals surface area contributed by atoms with Crippen molar-refractivity contribution in [2.24, 2.45) is 5.10 Å². The number of carboxylic acids is 1. The molecule has 0 atom stereocenters. The molecule has 0 saturated heterocycles. The quantitative estimate of drug-likeness (QED) is 0.522. The first kappa shape index (κ1) is 16.7. The highest BCUT2D eigenvalue weighted by atomic mass is 35.5. The number of carbonyl (C=O) groups is 1. The summed E-state index contributed by atoms with van der Waals surface area (Å²) < 4.78 is 1.81. The molecule has 6 nitrogen and oxygen atoms in total. The number of rotatable bonds is 6. The number of nitrogens with one attached hydrogen (secondary N) is 1. The van der Waals surface area contributed by atoms with Gasteiger partial charge >= 0.3 is 5.97 Å². The minimum absolute atomic E-state index is 0.137. The Hall–Kier alpha value is -3.12. The standard InChI is InChI=1S/C18H15ClN4O2/c19-16-7-6-15(18(24)25)8-17(16)22-20-9-14-10-21-23(12-14)11-13-4-2-1-3-5-13/h1-10,12,22H,11H2,(H,24,25)/b20-9-. The molecule has 0 unspecified atom stereocenters. The molecule has 0 bridgehead atoms. The smallest absolute Gasteiger partial charge is 0.335 e. The summed E-state index contributed by atoms with van der Waals surface area (Å²) in [6.07, 6.45) is 5.16. The lowest BCUT2D eigenvalue weighted by molar-refractivity contribution is 0.0697. The first-order valence-electron chi connectivity index (χ1n) is 7.50. The summed E-state index contributed by atoms with van der Waals surface area (Å²) in [6.45, 7) is 0.675. The van der Waals surface area contributed by atoms with E-state index >= 15 is 0 Å². The van der Waals surface area contributed by atoms with Crippen molar-refractivity contribution in [3.8, 4) is 0 Å². The highest BCUT2D eigenvalue weighted by Crippen LogP contribution is 2.23. The Morgan fingerprint density at radius 1 is 1.28 bits per heavy atom. The average Bonchev–Trinajstić information content (AvgIpc) is 3.04. The van der Waals surface area contributed by atoms with E-state index in [0.717, 1.165) is 11.1 Å². The van der Waals surface area contributed by atoms with Gasteiger partial charge in [0.1, 0.15) is 0 Å². The zero-order valence-electron chi connectivity index (χ0n) is 13.1. The second kappa shape index (κ2) is 7.63.